The van der Waals surface area contributed by atoms with Gasteiger partial charge in [0.2, 0.25) is 5.95 Å². The maximum Gasteiger partial charge on any atom is 0.425 e. The molecule has 40 heavy (non-hydrogen) atoms. The molecule has 1 fully saturated rings. The lowest BCUT2D eigenvalue weighted by atomic mass is 10.2. The second kappa shape index (κ2) is 12.7. The van der Waals surface area contributed by atoms with Crippen LogP contribution in [0.2, 0.25) is 0 Å². The van der Waals surface area contributed by atoms with Crippen molar-refractivity contribution in [3.8, 4) is 0 Å². The van der Waals surface area contributed by atoms with E-state index in [-0.39, 0.29) is 19.7 Å². The van der Waals surface area contributed by atoms with Crippen LogP contribution in [0.3, 0.4) is 0 Å². The largest absolute Gasteiger partial charge is 0.550 e. The number of ether oxygens (including phenoxy) is 1. The Kier molecular flexibility index (Phi) is 8.86. The molecule has 15 heteroatoms. The number of carbonyl (C=O) groups is 5. The number of amides is 5. The van der Waals surface area contributed by atoms with Crippen LogP contribution in [-0.4, -0.2) is 81.7 Å². The SMILES string of the molecule is O=C([O-])CC(NC(=O)C[N+]1(CCCNc2nc3cccnc3[nH]2)C(=O)CNC1=O)NC(=O)OCc1ccccc1. The molecule has 1 aromatic carbocycles. The molecule has 5 N–H and O–H groups in total. The highest BCUT2D eigenvalue weighted by Crippen LogP contribution is 2.16. The number of imidazole rings is 1. The van der Waals surface area contributed by atoms with Crippen LogP contribution in [0.1, 0.15) is 18.4 Å². The molecule has 3 heterocycles. The molecule has 2 aromatic heterocycles. The van der Waals surface area contributed by atoms with E-state index in [1.54, 1.807) is 48.7 Å². The van der Waals surface area contributed by atoms with Crippen LogP contribution in [-0.2, 0) is 25.7 Å². The van der Waals surface area contributed by atoms with Crippen molar-refractivity contribution < 1.29 is 38.3 Å². The van der Waals surface area contributed by atoms with Gasteiger partial charge in [-0.3, -0.25) is 10.1 Å². The lowest BCUT2D eigenvalue weighted by molar-refractivity contribution is -0.758. The van der Waals surface area contributed by atoms with E-state index in [0.717, 1.165) is 0 Å². The summed E-state index contributed by atoms with van der Waals surface area (Å²) in [6, 6.07) is 11.7. The zero-order valence-electron chi connectivity index (χ0n) is 21.3. The lowest BCUT2D eigenvalue weighted by Gasteiger charge is -2.28. The summed E-state index contributed by atoms with van der Waals surface area (Å²) >= 11 is 0. The highest BCUT2D eigenvalue weighted by Gasteiger charge is 2.51. The quantitative estimate of drug-likeness (QED) is 0.0782. The Labute approximate surface area is 227 Å². The van der Waals surface area contributed by atoms with E-state index >= 15 is 0 Å². The molecule has 2 unspecified atom stereocenters. The highest BCUT2D eigenvalue weighted by atomic mass is 16.5. The number of H-pyrrole nitrogens is 1. The first-order valence-corrected chi connectivity index (χ1v) is 12.4. The zero-order valence-corrected chi connectivity index (χ0v) is 21.3. The fraction of sp³-hybridized carbons (Fsp3) is 0.320. The van der Waals surface area contributed by atoms with Crippen LogP contribution in [0.15, 0.2) is 48.7 Å². The third-order valence-corrected chi connectivity index (χ3v) is 6.15. The first kappa shape index (κ1) is 28.0. The minimum Gasteiger partial charge on any atom is -0.550 e. The predicted octanol–water partition coefficient (Wildman–Crippen LogP) is -0.665. The Morgan fingerprint density at radius 2 is 1.90 bits per heavy atom. The number of aromatic amines is 1. The Hall–Kier alpha value is -5.05. The van der Waals surface area contributed by atoms with Gasteiger partial charge in [-0.2, -0.15) is 4.48 Å². The van der Waals surface area contributed by atoms with Crippen LogP contribution < -0.4 is 26.4 Å². The average molecular weight is 553 g/mol. The van der Waals surface area contributed by atoms with Crippen molar-refractivity contribution in [1.29, 1.82) is 0 Å². The smallest absolute Gasteiger partial charge is 0.425 e. The van der Waals surface area contributed by atoms with Crippen LogP contribution in [0.4, 0.5) is 15.5 Å². The maximum atomic E-state index is 12.9. The molecule has 5 amide bonds. The van der Waals surface area contributed by atoms with Gasteiger partial charge in [0.05, 0.1) is 6.54 Å². The van der Waals surface area contributed by atoms with E-state index in [1.807, 2.05) is 0 Å². The number of fused-ring (bicyclic) bond motifs is 1. The number of anilines is 1. The Morgan fingerprint density at radius 1 is 1.10 bits per heavy atom. The van der Waals surface area contributed by atoms with Gasteiger partial charge in [0.25, 0.3) is 5.91 Å². The van der Waals surface area contributed by atoms with Gasteiger partial charge in [0.1, 0.15) is 24.8 Å². The molecule has 4 rings (SSSR count). The first-order valence-electron chi connectivity index (χ1n) is 12.4. The molecule has 0 radical (unpaired) electrons. The topological polar surface area (TPSA) is 207 Å². The summed E-state index contributed by atoms with van der Waals surface area (Å²) in [5.41, 5.74) is 1.97. The lowest BCUT2D eigenvalue weighted by Crippen LogP contribution is -2.61. The Bertz CT molecular complexity index is 1350. The minimum atomic E-state index is -1.54. The molecule has 15 nitrogen and oxygen atoms in total. The van der Waals surface area contributed by atoms with Crippen LogP contribution in [0.25, 0.3) is 11.2 Å². The number of imide groups is 1. The van der Waals surface area contributed by atoms with E-state index < -0.39 is 53.5 Å². The number of aliphatic carboxylic acids is 1. The average Bonchev–Trinajstić information content (AvgIpc) is 3.46. The van der Waals surface area contributed by atoms with E-state index in [9.17, 15) is 29.1 Å². The molecule has 2 atom stereocenters. The van der Waals surface area contributed by atoms with Gasteiger partial charge in [-0.1, -0.05) is 30.3 Å². The third kappa shape index (κ3) is 7.08. The molecule has 1 saturated heterocycles. The van der Waals surface area contributed by atoms with Gasteiger partial charge in [0, 0.05) is 31.6 Å². The van der Waals surface area contributed by atoms with Crippen molar-refractivity contribution in [2.24, 2.45) is 0 Å². The van der Waals surface area contributed by atoms with E-state index in [4.69, 9.17) is 4.74 Å². The number of alkyl carbamates (subject to hydrolysis) is 1. The van der Waals surface area contributed by atoms with Crippen molar-refractivity contribution in [2.45, 2.75) is 25.6 Å². The van der Waals surface area contributed by atoms with Crippen molar-refractivity contribution >= 4 is 47.0 Å². The molecular weight excluding hydrogens is 524 g/mol. The second-order valence-corrected chi connectivity index (χ2v) is 9.04. The molecular formula is C25H28N8O7. The summed E-state index contributed by atoms with van der Waals surface area (Å²) in [5.74, 6) is -2.42. The molecule has 0 spiro atoms. The third-order valence-electron chi connectivity index (χ3n) is 6.15. The summed E-state index contributed by atoms with van der Waals surface area (Å²) in [4.78, 5) is 73.3. The number of rotatable bonds is 13. The first-order chi connectivity index (χ1) is 19.2. The van der Waals surface area contributed by atoms with Gasteiger partial charge < -0.3 is 35.6 Å². The number of pyridine rings is 1. The number of carboxylic acids is 1. The standard InChI is InChI=1S/C25H28N8O7/c34-19(30-18(12-21(36)37)31-25(39)40-15-16-6-2-1-3-7-16)14-33(20(35)13-28-24(33)38)11-5-10-27-23-29-17-8-4-9-26-22(17)32-23/h1-4,6-9,18H,5,10-15H2,(H5-,26,27,28,29,30,31,32,34,36,37,38,39). The van der Waals surface area contributed by atoms with E-state index in [2.05, 4.69) is 36.2 Å². The van der Waals surface area contributed by atoms with Gasteiger partial charge in [0.15, 0.2) is 12.2 Å². The van der Waals surface area contributed by atoms with Gasteiger partial charge >= 0.3 is 18.0 Å². The zero-order chi connectivity index (χ0) is 28.5. The second-order valence-electron chi connectivity index (χ2n) is 9.04. The summed E-state index contributed by atoms with van der Waals surface area (Å²) in [6.07, 6.45) is -1.20. The molecule has 0 aliphatic carbocycles. The van der Waals surface area contributed by atoms with E-state index in [0.29, 0.717) is 35.6 Å². The van der Waals surface area contributed by atoms with Gasteiger partial charge in [-0.05, 0) is 17.7 Å². The van der Waals surface area contributed by atoms with Gasteiger partial charge in [-0.25, -0.2) is 24.4 Å². The van der Waals surface area contributed by atoms with Crippen molar-refractivity contribution in [1.82, 2.24) is 30.9 Å². The monoisotopic (exact) mass is 552 g/mol. The molecule has 210 valence electrons. The number of carbonyl (C=O) groups excluding carboxylic acids is 5. The molecule has 0 saturated carbocycles. The Morgan fingerprint density at radius 3 is 2.60 bits per heavy atom. The fourth-order valence-electron chi connectivity index (χ4n) is 4.21. The fourth-order valence-corrected chi connectivity index (χ4v) is 4.21. The predicted molar refractivity (Wildman–Crippen MR) is 137 cm³/mol. The molecule has 0 bridgehead atoms. The number of urea groups is 1. The normalized spacial score (nSPS) is 17.2. The number of nitrogens with zero attached hydrogens (tertiary/aromatic N) is 3. The summed E-state index contributed by atoms with van der Waals surface area (Å²) in [7, 11) is 0. The minimum absolute atomic E-state index is 0.0126. The number of hydrogen-bond acceptors (Lipinski definition) is 10. The number of carboxylic acid groups (broad SMARTS) is 1. The van der Waals surface area contributed by atoms with Gasteiger partial charge in [-0.15, -0.1) is 0 Å². The van der Waals surface area contributed by atoms with Crippen molar-refractivity contribution in [3.63, 3.8) is 0 Å². The molecule has 1 aliphatic rings. The number of quaternary nitrogens is 1. The summed E-state index contributed by atoms with van der Waals surface area (Å²) < 4.78 is 4.26. The van der Waals surface area contributed by atoms with Crippen molar-refractivity contribution in [2.75, 3.05) is 31.5 Å². The maximum absolute atomic E-state index is 12.9. The Balaban J connectivity index is 1.33. The molecule has 1 aliphatic heterocycles. The number of aromatic nitrogens is 3. The van der Waals surface area contributed by atoms with Crippen LogP contribution in [0.5, 0.6) is 0 Å². The molecule has 3 aromatic rings. The summed E-state index contributed by atoms with van der Waals surface area (Å²) in [5, 5.41) is 21.3. The van der Waals surface area contributed by atoms with E-state index in [1.165, 1.54) is 0 Å². The van der Waals surface area contributed by atoms with Crippen LogP contribution in [0, 0.1) is 0 Å². The van der Waals surface area contributed by atoms with Crippen molar-refractivity contribution in [3.05, 3.63) is 54.2 Å². The van der Waals surface area contributed by atoms with Crippen LogP contribution >= 0.6 is 0 Å². The number of benzene rings is 1. The number of hydrogen-bond donors (Lipinski definition) is 5. The summed E-state index contributed by atoms with van der Waals surface area (Å²) in [6.45, 7) is -0.609. The number of nitrogens with one attached hydrogen (secondary N) is 5. The highest BCUT2D eigenvalue weighted by molar-refractivity contribution is 5.94.